The summed E-state index contributed by atoms with van der Waals surface area (Å²) in [6, 6.07) is 20.8. The quantitative estimate of drug-likeness (QED) is 0.493. The Balaban J connectivity index is 1.83. The molecule has 0 amide bonds. The molecule has 0 aliphatic carbocycles. The Morgan fingerprint density at radius 3 is 2.00 bits per heavy atom. The first kappa shape index (κ1) is 15.3. The summed E-state index contributed by atoms with van der Waals surface area (Å²) in [5.41, 5.74) is 4.72. The molecule has 3 aromatic rings. The van der Waals surface area contributed by atoms with Crippen LogP contribution in [-0.2, 0) is 0 Å². The number of rotatable bonds is 1. The first-order valence-corrected chi connectivity index (χ1v) is 7.64. The molecular formula is C21H14ClF. The second kappa shape index (κ2) is 6.69. The van der Waals surface area contributed by atoms with E-state index < -0.39 is 5.82 Å². The Morgan fingerprint density at radius 2 is 1.39 bits per heavy atom. The van der Waals surface area contributed by atoms with E-state index in [-0.39, 0.29) is 0 Å². The molecule has 0 atom stereocenters. The first-order valence-electron chi connectivity index (χ1n) is 7.26. The van der Waals surface area contributed by atoms with Gasteiger partial charge in [-0.1, -0.05) is 65.4 Å². The number of hydrogen-bond donors (Lipinski definition) is 0. The molecule has 2 heteroatoms. The molecule has 112 valence electrons. The topological polar surface area (TPSA) is 0 Å². The Hall–Kier alpha value is -2.56. The third-order valence-corrected chi connectivity index (χ3v) is 3.78. The highest BCUT2D eigenvalue weighted by Gasteiger charge is 2.00. The minimum atomic E-state index is -0.402. The van der Waals surface area contributed by atoms with Crippen molar-refractivity contribution >= 4 is 11.6 Å². The smallest absolute Gasteiger partial charge is 0.140 e. The summed E-state index contributed by atoms with van der Waals surface area (Å²) in [5.74, 6) is 5.41. The van der Waals surface area contributed by atoms with Crippen LogP contribution in [0, 0.1) is 24.6 Å². The van der Waals surface area contributed by atoms with Crippen LogP contribution < -0.4 is 0 Å². The van der Waals surface area contributed by atoms with E-state index in [1.807, 2.05) is 24.3 Å². The van der Waals surface area contributed by atoms with Crippen LogP contribution in [0.5, 0.6) is 0 Å². The van der Waals surface area contributed by atoms with Gasteiger partial charge in [-0.05, 0) is 48.4 Å². The second-order valence-electron chi connectivity index (χ2n) is 5.32. The summed E-state index contributed by atoms with van der Waals surface area (Å²) in [6.07, 6.45) is 0. The molecule has 0 bridgehead atoms. The van der Waals surface area contributed by atoms with Crippen LogP contribution in [0.15, 0.2) is 66.7 Å². The van der Waals surface area contributed by atoms with E-state index in [1.54, 1.807) is 12.1 Å². The standard InChI is InChI=1S/C21H14ClF/c1-15-2-7-17(8-3-15)18-9-4-16(5-10-18)6-11-19-12-13-20(22)14-21(19)23/h2-5,7-10,12-14H,1H3. The van der Waals surface area contributed by atoms with Gasteiger partial charge in [0.1, 0.15) is 5.82 Å². The van der Waals surface area contributed by atoms with Gasteiger partial charge in [0, 0.05) is 10.6 Å². The molecule has 0 aliphatic rings. The zero-order valence-corrected chi connectivity index (χ0v) is 13.4. The van der Waals surface area contributed by atoms with E-state index in [4.69, 9.17) is 11.6 Å². The molecule has 0 saturated heterocycles. The predicted molar refractivity (Wildman–Crippen MR) is 94.0 cm³/mol. The van der Waals surface area contributed by atoms with Gasteiger partial charge in [0.05, 0.1) is 5.56 Å². The fourth-order valence-electron chi connectivity index (χ4n) is 2.22. The van der Waals surface area contributed by atoms with Gasteiger partial charge in [-0.25, -0.2) is 4.39 Å². The molecule has 0 spiro atoms. The van der Waals surface area contributed by atoms with Gasteiger partial charge < -0.3 is 0 Å². The van der Waals surface area contributed by atoms with Crippen molar-refractivity contribution in [3.63, 3.8) is 0 Å². The Morgan fingerprint density at radius 1 is 0.783 bits per heavy atom. The fraction of sp³-hybridized carbons (Fsp3) is 0.0476. The minimum absolute atomic E-state index is 0.344. The fourth-order valence-corrected chi connectivity index (χ4v) is 2.38. The van der Waals surface area contributed by atoms with Crippen LogP contribution in [0.2, 0.25) is 5.02 Å². The third-order valence-electron chi connectivity index (χ3n) is 3.54. The lowest BCUT2D eigenvalue weighted by Crippen LogP contribution is -1.83. The minimum Gasteiger partial charge on any atom is -0.206 e. The van der Waals surface area contributed by atoms with Crippen LogP contribution >= 0.6 is 11.6 Å². The van der Waals surface area contributed by atoms with Gasteiger partial charge in [0.15, 0.2) is 0 Å². The van der Waals surface area contributed by atoms with Gasteiger partial charge >= 0.3 is 0 Å². The van der Waals surface area contributed by atoms with E-state index >= 15 is 0 Å². The van der Waals surface area contributed by atoms with E-state index in [0.29, 0.717) is 10.6 Å². The summed E-state index contributed by atoms with van der Waals surface area (Å²) >= 11 is 5.73. The molecule has 0 fully saturated rings. The van der Waals surface area contributed by atoms with Crippen molar-refractivity contribution in [3.05, 3.63) is 94.3 Å². The molecule has 3 aromatic carbocycles. The van der Waals surface area contributed by atoms with Crippen molar-refractivity contribution in [1.82, 2.24) is 0 Å². The highest BCUT2D eigenvalue weighted by atomic mass is 35.5. The van der Waals surface area contributed by atoms with E-state index in [2.05, 4.69) is 43.0 Å². The van der Waals surface area contributed by atoms with Crippen LogP contribution in [-0.4, -0.2) is 0 Å². The zero-order valence-electron chi connectivity index (χ0n) is 12.6. The van der Waals surface area contributed by atoms with E-state index in [0.717, 1.165) is 11.1 Å². The molecule has 23 heavy (non-hydrogen) atoms. The lowest BCUT2D eigenvalue weighted by Gasteiger charge is -2.02. The molecule has 0 nitrogen and oxygen atoms in total. The third kappa shape index (κ3) is 3.80. The van der Waals surface area contributed by atoms with Crippen molar-refractivity contribution in [2.75, 3.05) is 0 Å². The Bertz CT molecular complexity index is 882. The lowest BCUT2D eigenvalue weighted by molar-refractivity contribution is 0.624. The van der Waals surface area contributed by atoms with Gasteiger partial charge in [0.25, 0.3) is 0 Å². The van der Waals surface area contributed by atoms with Crippen LogP contribution in [0.4, 0.5) is 4.39 Å². The maximum Gasteiger partial charge on any atom is 0.140 e. The highest BCUT2D eigenvalue weighted by Crippen LogP contribution is 2.20. The molecular weight excluding hydrogens is 307 g/mol. The normalized spacial score (nSPS) is 10.0. The van der Waals surface area contributed by atoms with Crippen molar-refractivity contribution in [1.29, 1.82) is 0 Å². The van der Waals surface area contributed by atoms with E-state index in [1.165, 1.54) is 17.2 Å². The summed E-state index contributed by atoms with van der Waals surface area (Å²) in [7, 11) is 0. The monoisotopic (exact) mass is 320 g/mol. The van der Waals surface area contributed by atoms with Gasteiger partial charge in [0.2, 0.25) is 0 Å². The average molecular weight is 321 g/mol. The van der Waals surface area contributed by atoms with Crippen LogP contribution in [0.1, 0.15) is 16.7 Å². The average Bonchev–Trinajstić information content (AvgIpc) is 2.55. The van der Waals surface area contributed by atoms with Crippen molar-refractivity contribution < 1.29 is 4.39 Å². The van der Waals surface area contributed by atoms with E-state index in [9.17, 15) is 4.39 Å². The molecule has 0 heterocycles. The largest absolute Gasteiger partial charge is 0.206 e. The number of aryl methyl sites for hydroxylation is 1. The summed E-state index contributed by atoms with van der Waals surface area (Å²) in [6.45, 7) is 2.07. The summed E-state index contributed by atoms with van der Waals surface area (Å²) in [4.78, 5) is 0. The summed E-state index contributed by atoms with van der Waals surface area (Å²) < 4.78 is 13.7. The number of halogens is 2. The molecule has 0 aromatic heterocycles. The molecule has 0 saturated carbocycles. The van der Waals surface area contributed by atoms with Crippen LogP contribution in [0.25, 0.3) is 11.1 Å². The molecule has 0 aliphatic heterocycles. The SMILES string of the molecule is Cc1ccc(-c2ccc(C#Cc3ccc(Cl)cc3F)cc2)cc1. The van der Waals surface area contributed by atoms with Gasteiger partial charge in [-0.3, -0.25) is 0 Å². The Kier molecular flexibility index (Phi) is 4.46. The second-order valence-corrected chi connectivity index (χ2v) is 5.75. The van der Waals surface area contributed by atoms with Crippen molar-refractivity contribution in [2.24, 2.45) is 0 Å². The number of benzene rings is 3. The summed E-state index contributed by atoms with van der Waals surface area (Å²) in [5, 5.41) is 0.371. The van der Waals surface area contributed by atoms with Crippen molar-refractivity contribution in [2.45, 2.75) is 6.92 Å². The van der Waals surface area contributed by atoms with Crippen LogP contribution in [0.3, 0.4) is 0 Å². The lowest BCUT2D eigenvalue weighted by atomic mass is 10.0. The zero-order chi connectivity index (χ0) is 16.2. The maximum absolute atomic E-state index is 13.7. The molecule has 3 rings (SSSR count). The predicted octanol–water partition coefficient (Wildman–Crippen LogP) is 5.85. The maximum atomic E-state index is 13.7. The molecule has 0 radical (unpaired) electrons. The Labute approximate surface area is 140 Å². The molecule has 0 unspecified atom stereocenters. The number of hydrogen-bond acceptors (Lipinski definition) is 0. The highest BCUT2D eigenvalue weighted by molar-refractivity contribution is 6.30. The van der Waals surface area contributed by atoms with Crippen molar-refractivity contribution in [3.8, 4) is 23.0 Å². The van der Waals surface area contributed by atoms with Gasteiger partial charge in [-0.2, -0.15) is 0 Å². The first-order chi connectivity index (χ1) is 11.1. The molecule has 0 N–H and O–H groups in total. The van der Waals surface area contributed by atoms with Gasteiger partial charge in [-0.15, -0.1) is 0 Å².